The maximum Gasteiger partial charge on any atom is 0.323 e. The summed E-state index contributed by atoms with van der Waals surface area (Å²) in [4.78, 5) is 25.0. The van der Waals surface area contributed by atoms with Crippen molar-refractivity contribution in [2.45, 2.75) is 57.0 Å². The van der Waals surface area contributed by atoms with Crippen molar-refractivity contribution in [1.82, 2.24) is 10.2 Å². The van der Waals surface area contributed by atoms with Crippen molar-refractivity contribution in [1.29, 1.82) is 0 Å². The Morgan fingerprint density at radius 2 is 1.78 bits per heavy atom. The first-order valence-electron chi connectivity index (χ1n) is 6.94. The molecule has 2 rings (SSSR count). The van der Waals surface area contributed by atoms with E-state index in [0.29, 0.717) is 0 Å². The third kappa shape index (κ3) is 3.22. The van der Waals surface area contributed by atoms with Gasteiger partial charge in [-0.25, -0.2) is 0 Å². The Kier molecular flexibility index (Phi) is 4.58. The largest absolute Gasteiger partial charge is 0.480 e. The van der Waals surface area contributed by atoms with Gasteiger partial charge in [0.25, 0.3) is 0 Å². The minimum atomic E-state index is -0.911. The number of amides is 1. The average Bonchev–Trinajstić information content (AvgIpc) is 2.89. The number of carboxylic acid groups (broad SMARTS) is 1. The van der Waals surface area contributed by atoms with Gasteiger partial charge in [0.05, 0.1) is 6.04 Å². The number of nitrogens with zero attached hydrogens (tertiary/aromatic N) is 1. The highest BCUT2D eigenvalue weighted by Crippen LogP contribution is 2.24. The molecule has 1 aliphatic carbocycles. The van der Waals surface area contributed by atoms with Crippen molar-refractivity contribution in [3.8, 4) is 0 Å². The van der Waals surface area contributed by atoms with Crippen molar-refractivity contribution >= 4 is 11.9 Å². The fourth-order valence-corrected chi connectivity index (χ4v) is 3.01. The van der Waals surface area contributed by atoms with Crippen LogP contribution in [-0.2, 0) is 9.59 Å². The molecule has 0 spiro atoms. The lowest BCUT2D eigenvalue weighted by molar-refractivity contribution is -0.147. The fourth-order valence-electron chi connectivity index (χ4n) is 3.01. The van der Waals surface area contributed by atoms with Gasteiger partial charge in [0.1, 0.15) is 6.54 Å². The Labute approximate surface area is 108 Å². The summed E-state index contributed by atoms with van der Waals surface area (Å²) in [6.45, 7) is 0.712. The lowest BCUT2D eigenvalue weighted by Gasteiger charge is -2.33. The van der Waals surface area contributed by atoms with E-state index in [2.05, 4.69) is 5.32 Å². The maximum absolute atomic E-state index is 12.4. The summed E-state index contributed by atoms with van der Waals surface area (Å²) in [6.07, 6.45) is 7.10. The number of carbonyl (C=O) groups excluding carboxylic acids is 1. The first-order valence-corrected chi connectivity index (χ1v) is 6.94. The highest BCUT2D eigenvalue weighted by molar-refractivity contribution is 5.85. The van der Waals surface area contributed by atoms with Crippen molar-refractivity contribution in [3.05, 3.63) is 0 Å². The van der Waals surface area contributed by atoms with Crippen LogP contribution in [-0.4, -0.2) is 47.1 Å². The number of hydrogen-bond acceptors (Lipinski definition) is 3. The van der Waals surface area contributed by atoms with E-state index in [-0.39, 0.29) is 24.5 Å². The van der Waals surface area contributed by atoms with E-state index in [1.54, 1.807) is 4.90 Å². The van der Waals surface area contributed by atoms with Crippen LogP contribution in [0, 0.1) is 0 Å². The lowest BCUT2D eigenvalue weighted by Crippen LogP contribution is -2.52. The molecular formula is C13H22N2O3. The van der Waals surface area contributed by atoms with Crippen molar-refractivity contribution in [2.24, 2.45) is 0 Å². The Bertz CT molecular complexity index is 307. The zero-order chi connectivity index (χ0) is 13.0. The van der Waals surface area contributed by atoms with Gasteiger partial charge < -0.3 is 15.3 Å². The van der Waals surface area contributed by atoms with Crippen LogP contribution >= 0.6 is 0 Å². The van der Waals surface area contributed by atoms with Gasteiger partial charge in [0.2, 0.25) is 5.91 Å². The second kappa shape index (κ2) is 6.18. The van der Waals surface area contributed by atoms with Crippen molar-refractivity contribution in [2.75, 3.05) is 13.1 Å². The molecule has 0 bridgehead atoms. The smallest absolute Gasteiger partial charge is 0.323 e. The van der Waals surface area contributed by atoms with Gasteiger partial charge in [-0.1, -0.05) is 19.3 Å². The maximum atomic E-state index is 12.4. The molecule has 0 aromatic heterocycles. The second-order valence-electron chi connectivity index (χ2n) is 5.30. The molecule has 18 heavy (non-hydrogen) atoms. The minimum absolute atomic E-state index is 0.0102. The van der Waals surface area contributed by atoms with E-state index in [9.17, 15) is 9.59 Å². The molecule has 0 aromatic carbocycles. The van der Waals surface area contributed by atoms with Crippen LogP contribution in [0.3, 0.4) is 0 Å². The molecule has 1 saturated carbocycles. The van der Waals surface area contributed by atoms with E-state index in [0.717, 1.165) is 51.5 Å². The fraction of sp³-hybridized carbons (Fsp3) is 0.846. The molecule has 1 aliphatic heterocycles. The monoisotopic (exact) mass is 254 g/mol. The van der Waals surface area contributed by atoms with Gasteiger partial charge in [0, 0.05) is 6.04 Å². The summed E-state index contributed by atoms with van der Waals surface area (Å²) >= 11 is 0. The third-order valence-corrected chi connectivity index (χ3v) is 3.96. The van der Waals surface area contributed by atoms with Crippen LogP contribution in [0.5, 0.6) is 0 Å². The number of nitrogens with one attached hydrogen (secondary N) is 1. The molecule has 102 valence electrons. The summed E-state index contributed by atoms with van der Waals surface area (Å²) in [5, 5.41) is 12.2. The Morgan fingerprint density at radius 3 is 2.33 bits per heavy atom. The molecule has 1 atom stereocenters. The molecule has 0 unspecified atom stereocenters. The quantitative estimate of drug-likeness (QED) is 0.785. The van der Waals surface area contributed by atoms with Gasteiger partial charge >= 0.3 is 5.97 Å². The highest BCUT2D eigenvalue weighted by Gasteiger charge is 2.32. The number of aliphatic carboxylic acids is 1. The first kappa shape index (κ1) is 13.3. The highest BCUT2D eigenvalue weighted by atomic mass is 16.4. The zero-order valence-electron chi connectivity index (χ0n) is 10.7. The molecule has 1 saturated heterocycles. The summed E-state index contributed by atoms with van der Waals surface area (Å²) < 4.78 is 0. The molecule has 2 aliphatic rings. The topological polar surface area (TPSA) is 69.6 Å². The normalized spacial score (nSPS) is 25.0. The summed E-state index contributed by atoms with van der Waals surface area (Å²) in [5.74, 6) is -0.921. The summed E-state index contributed by atoms with van der Waals surface area (Å²) in [6, 6.07) is -0.0315. The molecule has 1 amide bonds. The van der Waals surface area contributed by atoms with Crippen LogP contribution in [0.1, 0.15) is 44.9 Å². The molecule has 2 N–H and O–H groups in total. The Balaban J connectivity index is 2.01. The standard InChI is InChI=1S/C13H22N2O3/c16-12(17)9-15(10-5-1-2-6-10)13(18)11-7-3-4-8-14-11/h10-11,14H,1-9H2,(H,16,17)/t11-/m1/s1. The van der Waals surface area contributed by atoms with Crippen molar-refractivity contribution in [3.63, 3.8) is 0 Å². The number of hydrogen-bond donors (Lipinski definition) is 2. The number of carboxylic acids is 1. The minimum Gasteiger partial charge on any atom is -0.480 e. The van der Waals surface area contributed by atoms with E-state index < -0.39 is 5.97 Å². The zero-order valence-corrected chi connectivity index (χ0v) is 10.7. The molecule has 0 aromatic rings. The Hall–Kier alpha value is -1.10. The second-order valence-corrected chi connectivity index (χ2v) is 5.30. The molecule has 5 nitrogen and oxygen atoms in total. The Morgan fingerprint density at radius 1 is 1.11 bits per heavy atom. The van der Waals surface area contributed by atoms with Crippen LogP contribution in [0.25, 0.3) is 0 Å². The van der Waals surface area contributed by atoms with Gasteiger partial charge in [-0.3, -0.25) is 9.59 Å². The molecule has 2 fully saturated rings. The van der Waals surface area contributed by atoms with Crippen LogP contribution < -0.4 is 5.32 Å². The number of piperidine rings is 1. The number of carbonyl (C=O) groups is 2. The molecule has 1 heterocycles. The van der Waals surface area contributed by atoms with Crippen molar-refractivity contribution < 1.29 is 14.7 Å². The summed E-state index contributed by atoms with van der Waals surface area (Å²) in [5.41, 5.74) is 0. The van der Waals surface area contributed by atoms with E-state index >= 15 is 0 Å². The van der Waals surface area contributed by atoms with Gasteiger partial charge in [0.15, 0.2) is 0 Å². The first-order chi connectivity index (χ1) is 8.68. The summed E-state index contributed by atoms with van der Waals surface area (Å²) in [7, 11) is 0. The predicted molar refractivity (Wildman–Crippen MR) is 67.2 cm³/mol. The van der Waals surface area contributed by atoms with Crippen LogP contribution in [0.2, 0.25) is 0 Å². The molecule has 0 radical (unpaired) electrons. The third-order valence-electron chi connectivity index (χ3n) is 3.96. The van der Waals surface area contributed by atoms with Crippen LogP contribution in [0.4, 0.5) is 0 Å². The lowest BCUT2D eigenvalue weighted by atomic mass is 10.0. The van der Waals surface area contributed by atoms with E-state index in [1.165, 1.54) is 0 Å². The molecular weight excluding hydrogens is 232 g/mol. The van der Waals surface area contributed by atoms with Gasteiger partial charge in [-0.2, -0.15) is 0 Å². The SMILES string of the molecule is O=C(O)CN(C(=O)[C@H]1CCCCN1)C1CCCC1. The van der Waals surface area contributed by atoms with E-state index in [4.69, 9.17) is 5.11 Å². The van der Waals surface area contributed by atoms with Gasteiger partial charge in [-0.05, 0) is 32.2 Å². The molecule has 5 heteroatoms. The van der Waals surface area contributed by atoms with Gasteiger partial charge in [-0.15, -0.1) is 0 Å². The number of rotatable bonds is 4. The predicted octanol–water partition coefficient (Wildman–Crippen LogP) is 0.984. The average molecular weight is 254 g/mol. The van der Waals surface area contributed by atoms with Crippen LogP contribution in [0.15, 0.2) is 0 Å². The van der Waals surface area contributed by atoms with E-state index in [1.807, 2.05) is 0 Å².